The molecular formula is C14H23N3. The van der Waals surface area contributed by atoms with Crippen LogP contribution in [-0.4, -0.2) is 16.5 Å². The van der Waals surface area contributed by atoms with Crippen LogP contribution < -0.4 is 5.32 Å². The van der Waals surface area contributed by atoms with Crippen LogP contribution in [-0.2, 0) is 6.54 Å². The van der Waals surface area contributed by atoms with Gasteiger partial charge in [0.25, 0.3) is 0 Å². The van der Waals surface area contributed by atoms with Crippen LogP contribution in [0.15, 0.2) is 12.3 Å². The summed E-state index contributed by atoms with van der Waals surface area (Å²) in [7, 11) is 0. The molecular weight excluding hydrogens is 210 g/mol. The fourth-order valence-corrected chi connectivity index (χ4v) is 2.63. The van der Waals surface area contributed by atoms with Crippen LogP contribution in [0.25, 0.3) is 0 Å². The summed E-state index contributed by atoms with van der Waals surface area (Å²) in [6.07, 6.45) is 10.4. The molecule has 94 valence electrons. The Morgan fingerprint density at radius 3 is 2.94 bits per heavy atom. The Morgan fingerprint density at radius 2 is 2.18 bits per heavy atom. The van der Waals surface area contributed by atoms with Crippen molar-refractivity contribution in [1.29, 1.82) is 0 Å². The molecule has 1 N–H and O–H groups in total. The molecule has 1 fully saturated rings. The number of aromatic nitrogens is 2. The smallest absolute Gasteiger partial charge is 0.125 e. The predicted molar refractivity (Wildman–Crippen MR) is 69.7 cm³/mol. The van der Waals surface area contributed by atoms with E-state index in [1.54, 1.807) is 0 Å². The molecule has 0 saturated heterocycles. The predicted octanol–water partition coefficient (Wildman–Crippen LogP) is 2.85. The molecule has 17 heavy (non-hydrogen) atoms. The van der Waals surface area contributed by atoms with Gasteiger partial charge in [-0.15, -0.1) is 0 Å². The normalized spacial score (nSPS) is 16.5. The fourth-order valence-electron chi connectivity index (χ4n) is 2.63. The summed E-state index contributed by atoms with van der Waals surface area (Å²) in [4.78, 5) is 8.47. The van der Waals surface area contributed by atoms with E-state index < -0.39 is 0 Å². The second kappa shape index (κ2) is 6.70. The van der Waals surface area contributed by atoms with Crippen LogP contribution >= 0.6 is 0 Å². The van der Waals surface area contributed by atoms with E-state index in [-0.39, 0.29) is 0 Å². The topological polar surface area (TPSA) is 37.8 Å². The number of nitrogens with one attached hydrogen (secondary N) is 1. The van der Waals surface area contributed by atoms with Crippen molar-refractivity contribution in [2.75, 3.05) is 6.54 Å². The van der Waals surface area contributed by atoms with E-state index in [9.17, 15) is 0 Å². The highest BCUT2D eigenvalue weighted by Gasteiger charge is 2.13. The van der Waals surface area contributed by atoms with Crippen molar-refractivity contribution in [1.82, 2.24) is 15.3 Å². The maximum absolute atomic E-state index is 4.37. The van der Waals surface area contributed by atoms with Crippen molar-refractivity contribution in [2.45, 2.75) is 52.0 Å². The van der Waals surface area contributed by atoms with E-state index in [0.717, 1.165) is 30.5 Å². The maximum Gasteiger partial charge on any atom is 0.125 e. The van der Waals surface area contributed by atoms with Gasteiger partial charge >= 0.3 is 0 Å². The highest BCUT2D eigenvalue weighted by Crippen LogP contribution is 2.28. The van der Waals surface area contributed by atoms with Gasteiger partial charge < -0.3 is 5.32 Å². The lowest BCUT2D eigenvalue weighted by atomic mass is 10.0. The summed E-state index contributed by atoms with van der Waals surface area (Å²) in [6, 6.07) is 1.98. The molecule has 3 heteroatoms. The SMILES string of the molecule is Cc1nccc(CNCCCC2CCCC2)n1. The summed E-state index contributed by atoms with van der Waals surface area (Å²) in [5.74, 6) is 1.87. The quantitative estimate of drug-likeness (QED) is 0.768. The van der Waals surface area contributed by atoms with Crippen molar-refractivity contribution in [3.8, 4) is 0 Å². The van der Waals surface area contributed by atoms with Crippen LogP contribution in [0.5, 0.6) is 0 Å². The van der Waals surface area contributed by atoms with Crippen molar-refractivity contribution in [3.63, 3.8) is 0 Å². The lowest BCUT2D eigenvalue weighted by Crippen LogP contribution is -2.16. The molecule has 0 radical (unpaired) electrons. The second-order valence-corrected chi connectivity index (χ2v) is 5.06. The van der Waals surface area contributed by atoms with E-state index in [4.69, 9.17) is 0 Å². The van der Waals surface area contributed by atoms with Crippen molar-refractivity contribution in [2.24, 2.45) is 5.92 Å². The molecule has 0 unspecified atom stereocenters. The van der Waals surface area contributed by atoms with Crippen LogP contribution in [0.3, 0.4) is 0 Å². The molecule has 1 saturated carbocycles. The number of hydrogen-bond donors (Lipinski definition) is 1. The zero-order valence-corrected chi connectivity index (χ0v) is 10.8. The van der Waals surface area contributed by atoms with E-state index >= 15 is 0 Å². The van der Waals surface area contributed by atoms with Gasteiger partial charge in [0.1, 0.15) is 5.82 Å². The first-order valence-electron chi connectivity index (χ1n) is 6.84. The van der Waals surface area contributed by atoms with Crippen LogP contribution in [0, 0.1) is 12.8 Å². The molecule has 1 aromatic heterocycles. The van der Waals surface area contributed by atoms with Crippen LogP contribution in [0.2, 0.25) is 0 Å². The van der Waals surface area contributed by atoms with E-state index in [2.05, 4.69) is 15.3 Å². The first-order chi connectivity index (χ1) is 8.34. The standard InChI is InChI=1S/C14H23N3/c1-12-16-10-8-14(17-12)11-15-9-4-7-13-5-2-3-6-13/h8,10,13,15H,2-7,9,11H2,1H3. The third-order valence-electron chi connectivity index (χ3n) is 3.58. The minimum Gasteiger partial charge on any atom is -0.311 e. The van der Waals surface area contributed by atoms with Crippen molar-refractivity contribution < 1.29 is 0 Å². The molecule has 1 aliphatic carbocycles. The third kappa shape index (κ3) is 4.43. The van der Waals surface area contributed by atoms with Gasteiger partial charge in [-0.25, -0.2) is 9.97 Å². The monoisotopic (exact) mass is 233 g/mol. The van der Waals surface area contributed by atoms with Gasteiger partial charge in [-0.2, -0.15) is 0 Å². The van der Waals surface area contributed by atoms with Gasteiger partial charge in [0.15, 0.2) is 0 Å². The van der Waals surface area contributed by atoms with Crippen LogP contribution in [0.1, 0.15) is 50.0 Å². The highest BCUT2D eigenvalue weighted by atomic mass is 14.9. The van der Waals surface area contributed by atoms with Gasteiger partial charge in [-0.05, 0) is 38.3 Å². The summed E-state index contributed by atoms with van der Waals surface area (Å²) < 4.78 is 0. The van der Waals surface area contributed by atoms with Gasteiger partial charge in [0.2, 0.25) is 0 Å². The van der Waals surface area contributed by atoms with Crippen LogP contribution in [0.4, 0.5) is 0 Å². The highest BCUT2D eigenvalue weighted by molar-refractivity contribution is 5.00. The Kier molecular flexibility index (Phi) is 4.92. The van der Waals surface area contributed by atoms with E-state index in [1.807, 2.05) is 19.2 Å². The summed E-state index contributed by atoms with van der Waals surface area (Å²) in [5.41, 5.74) is 1.10. The largest absolute Gasteiger partial charge is 0.311 e. The first kappa shape index (κ1) is 12.5. The molecule has 2 rings (SSSR count). The Balaban J connectivity index is 1.56. The summed E-state index contributed by atoms with van der Waals surface area (Å²) >= 11 is 0. The molecule has 0 amide bonds. The molecule has 0 aliphatic heterocycles. The molecule has 0 atom stereocenters. The molecule has 1 aliphatic rings. The molecule has 0 aromatic carbocycles. The van der Waals surface area contributed by atoms with E-state index in [0.29, 0.717) is 0 Å². The van der Waals surface area contributed by atoms with Gasteiger partial charge in [0, 0.05) is 12.7 Å². The first-order valence-corrected chi connectivity index (χ1v) is 6.84. The summed E-state index contributed by atoms with van der Waals surface area (Å²) in [6.45, 7) is 3.91. The summed E-state index contributed by atoms with van der Waals surface area (Å²) in [5, 5.41) is 3.46. The minimum absolute atomic E-state index is 0.857. The molecule has 3 nitrogen and oxygen atoms in total. The van der Waals surface area contributed by atoms with Gasteiger partial charge in [0.05, 0.1) is 5.69 Å². The molecule has 0 spiro atoms. The Hall–Kier alpha value is -0.960. The van der Waals surface area contributed by atoms with Gasteiger partial charge in [-0.1, -0.05) is 25.7 Å². The fraction of sp³-hybridized carbons (Fsp3) is 0.714. The van der Waals surface area contributed by atoms with E-state index in [1.165, 1.54) is 38.5 Å². The zero-order chi connectivity index (χ0) is 11.9. The van der Waals surface area contributed by atoms with Crippen molar-refractivity contribution in [3.05, 3.63) is 23.8 Å². The number of rotatable bonds is 6. The second-order valence-electron chi connectivity index (χ2n) is 5.06. The van der Waals surface area contributed by atoms with Crippen molar-refractivity contribution >= 4 is 0 Å². The minimum atomic E-state index is 0.857. The number of nitrogens with zero attached hydrogens (tertiary/aromatic N) is 2. The molecule has 1 heterocycles. The Bertz CT molecular complexity index is 332. The number of hydrogen-bond acceptors (Lipinski definition) is 3. The molecule has 1 aromatic rings. The Labute approximate surface area is 104 Å². The Morgan fingerprint density at radius 1 is 1.35 bits per heavy atom. The van der Waals surface area contributed by atoms with Gasteiger partial charge in [-0.3, -0.25) is 0 Å². The average Bonchev–Trinajstić information content (AvgIpc) is 2.82. The lowest BCUT2D eigenvalue weighted by Gasteiger charge is -2.09. The maximum atomic E-state index is 4.37. The lowest BCUT2D eigenvalue weighted by molar-refractivity contribution is 0.469. The average molecular weight is 233 g/mol. The molecule has 0 bridgehead atoms. The third-order valence-corrected chi connectivity index (χ3v) is 3.58. The number of aryl methyl sites for hydroxylation is 1. The zero-order valence-electron chi connectivity index (χ0n) is 10.8.